The molecule has 1 N–H and O–H groups in total. The van der Waals surface area contributed by atoms with Gasteiger partial charge in [0.2, 0.25) is 0 Å². The van der Waals surface area contributed by atoms with Crippen LogP contribution in [0.4, 0.5) is 0 Å². The van der Waals surface area contributed by atoms with Gasteiger partial charge in [-0.1, -0.05) is 24.0 Å². The molecule has 3 nitrogen and oxygen atoms in total. The van der Waals surface area contributed by atoms with Crippen molar-refractivity contribution in [2.24, 2.45) is 0 Å². The molecule has 4 rings (SSSR count). The summed E-state index contributed by atoms with van der Waals surface area (Å²) < 4.78 is 2.98. The van der Waals surface area contributed by atoms with Gasteiger partial charge in [0.15, 0.2) is 0 Å². The molecule has 0 aliphatic rings. The van der Waals surface area contributed by atoms with Crippen LogP contribution in [-0.4, -0.2) is 15.6 Å². The molecule has 4 heteroatoms. The van der Waals surface area contributed by atoms with E-state index >= 15 is 0 Å². The van der Waals surface area contributed by atoms with Crippen LogP contribution in [0.25, 0.3) is 15.8 Å². The van der Waals surface area contributed by atoms with Gasteiger partial charge in [-0.25, -0.2) is 4.79 Å². The summed E-state index contributed by atoms with van der Waals surface area (Å²) >= 11 is 1.68. The highest BCUT2D eigenvalue weighted by Gasteiger charge is 2.14. The summed E-state index contributed by atoms with van der Waals surface area (Å²) in [6.45, 7) is 0. The molecule has 0 bridgehead atoms. The Bertz CT molecular complexity index is 1130. The van der Waals surface area contributed by atoms with Gasteiger partial charge < -0.3 is 9.67 Å². The van der Waals surface area contributed by atoms with E-state index in [4.69, 9.17) is 0 Å². The van der Waals surface area contributed by atoms with Crippen LogP contribution in [0.5, 0.6) is 0 Å². The average molecular weight is 343 g/mol. The molecule has 2 aromatic carbocycles. The number of aromatic nitrogens is 1. The first-order valence-corrected chi connectivity index (χ1v) is 8.59. The number of fused-ring (bicyclic) bond motifs is 1. The van der Waals surface area contributed by atoms with Crippen LogP contribution in [0.15, 0.2) is 72.4 Å². The normalized spacial score (nSPS) is 10.4. The molecule has 4 aromatic rings. The fraction of sp³-hybridized carbons (Fsp3) is 0. The molecular formula is C21H13NO2S. The molecule has 25 heavy (non-hydrogen) atoms. The largest absolute Gasteiger partial charge is 0.478 e. The number of nitrogens with zero attached hydrogens (tertiary/aromatic N) is 1. The minimum absolute atomic E-state index is 0.233. The SMILES string of the molecule is O=C(O)c1cccc(C#Cc2ccc3ccsc3c2)c1-n1cccc1. The fourth-order valence-electron chi connectivity index (χ4n) is 2.75. The molecular weight excluding hydrogens is 330 g/mol. The standard InChI is InChI=1S/C21H13NO2S/c23-21(24)18-5-3-4-17(20(18)22-11-1-2-12-22)9-7-15-6-8-16-10-13-25-19(16)14-15/h1-6,8,10-14H,(H,23,24). The Labute approximate surface area is 148 Å². The van der Waals surface area contributed by atoms with E-state index in [1.54, 1.807) is 28.0 Å². The fourth-order valence-corrected chi connectivity index (χ4v) is 3.58. The highest BCUT2D eigenvalue weighted by atomic mass is 32.1. The van der Waals surface area contributed by atoms with E-state index in [-0.39, 0.29) is 5.56 Å². The smallest absolute Gasteiger partial charge is 0.337 e. The lowest BCUT2D eigenvalue weighted by molar-refractivity contribution is 0.0697. The molecule has 0 aliphatic heterocycles. The van der Waals surface area contributed by atoms with Crippen molar-refractivity contribution in [3.63, 3.8) is 0 Å². The van der Waals surface area contributed by atoms with Crippen LogP contribution >= 0.6 is 11.3 Å². The number of carbonyl (C=O) groups is 1. The zero-order valence-corrected chi connectivity index (χ0v) is 14.0. The number of carboxylic acid groups (broad SMARTS) is 1. The maximum absolute atomic E-state index is 11.6. The Morgan fingerprint density at radius 3 is 2.64 bits per heavy atom. The van der Waals surface area contributed by atoms with Gasteiger partial charge in [-0.15, -0.1) is 11.3 Å². The molecule has 0 spiro atoms. The van der Waals surface area contributed by atoms with Gasteiger partial charge in [-0.3, -0.25) is 0 Å². The highest BCUT2D eigenvalue weighted by Crippen LogP contribution is 2.22. The molecule has 0 fully saturated rings. The van der Waals surface area contributed by atoms with Gasteiger partial charge in [0.1, 0.15) is 0 Å². The second kappa shape index (κ2) is 6.31. The zero-order chi connectivity index (χ0) is 17.2. The zero-order valence-electron chi connectivity index (χ0n) is 13.1. The summed E-state index contributed by atoms with van der Waals surface area (Å²) in [7, 11) is 0. The topological polar surface area (TPSA) is 42.2 Å². The van der Waals surface area contributed by atoms with Crippen molar-refractivity contribution in [3.8, 4) is 17.5 Å². The third-order valence-corrected chi connectivity index (χ3v) is 4.81. The van der Waals surface area contributed by atoms with Crippen LogP contribution in [0, 0.1) is 11.8 Å². The molecule has 0 radical (unpaired) electrons. The summed E-state index contributed by atoms with van der Waals surface area (Å²) in [5.74, 6) is 5.34. The van der Waals surface area contributed by atoms with E-state index in [1.807, 2.05) is 36.7 Å². The third-order valence-electron chi connectivity index (χ3n) is 3.93. The van der Waals surface area contributed by atoms with Crippen LogP contribution in [-0.2, 0) is 0 Å². The maximum atomic E-state index is 11.6. The Balaban J connectivity index is 1.83. The van der Waals surface area contributed by atoms with Crippen molar-refractivity contribution in [1.29, 1.82) is 0 Å². The number of hydrogen-bond acceptors (Lipinski definition) is 2. The van der Waals surface area contributed by atoms with Gasteiger partial charge in [0.25, 0.3) is 0 Å². The molecule has 0 saturated heterocycles. The Hall–Kier alpha value is -3.29. The van der Waals surface area contributed by atoms with Gasteiger partial charge in [-0.05, 0) is 53.2 Å². The average Bonchev–Trinajstić information content (AvgIpc) is 3.30. The monoisotopic (exact) mass is 343 g/mol. The first kappa shape index (κ1) is 15.3. The van der Waals surface area contributed by atoms with E-state index in [0.717, 1.165) is 5.56 Å². The lowest BCUT2D eigenvalue weighted by Crippen LogP contribution is -2.06. The molecule has 2 aromatic heterocycles. The van der Waals surface area contributed by atoms with E-state index in [1.165, 1.54) is 10.1 Å². The number of rotatable bonds is 2. The van der Waals surface area contributed by atoms with E-state index < -0.39 is 5.97 Å². The number of thiophene rings is 1. The van der Waals surface area contributed by atoms with E-state index in [2.05, 4.69) is 35.4 Å². The predicted octanol–water partition coefficient (Wildman–Crippen LogP) is 4.79. The van der Waals surface area contributed by atoms with Crippen molar-refractivity contribution < 1.29 is 9.90 Å². The molecule has 0 atom stereocenters. The highest BCUT2D eigenvalue weighted by molar-refractivity contribution is 7.17. The maximum Gasteiger partial charge on any atom is 0.337 e. The summed E-state index contributed by atoms with van der Waals surface area (Å²) in [4.78, 5) is 11.6. The lowest BCUT2D eigenvalue weighted by Gasteiger charge is -2.10. The van der Waals surface area contributed by atoms with Crippen molar-refractivity contribution in [2.45, 2.75) is 0 Å². The van der Waals surface area contributed by atoms with Crippen LogP contribution in [0.3, 0.4) is 0 Å². The molecule has 0 saturated carbocycles. The van der Waals surface area contributed by atoms with E-state index in [0.29, 0.717) is 11.3 Å². The van der Waals surface area contributed by atoms with Crippen molar-refractivity contribution in [3.05, 3.63) is 89.1 Å². The quantitative estimate of drug-likeness (QED) is 0.532. The molecule has 2 heterocycles. The van der Waals surface area contributed by atoms with Gasteiger partial charge in [-0.2, -0.15) is 0 Å². The molecule has 0 aliphatic carbocycles. The lowest BCUT2D eigenvalue weighted by atomic mass is 10.1. The van der Waals surface area contributed by atoms with Crippen molar-refractivity contribution in [2.75, 3.05) is 0 Å². The summed E-state index contributed by atoms with van der Waals surface area (Å²) in [6, 6.07) is 17.1. The first-order chi connectivity index (χ1) is 12.2. The number of carboxylic acids is 1. The Morgan fingerprint density at radius 1 is 1.00 bits per heavy atom. The number of benzene rings is 2. The van der Waals surface area contributed by atoms with Crippen LogP contribution in [0.1, 0.15) is 21.5 Å². The second-order valence-electron chi connectivity index (χ2n) is 5.52. The van der Waals surface area contributed by atoms with Crippen molar-refractivity contribution >= 4 is 27.4 Å². The molecule has 0 unspecified atom stereocenters. The summed E-state index contributed by atoms with van der Waals surface area (Å²) in [6.07, 6.45) is 3.65. The molecule has 0 amide bonds. The number of para-hydroxylation sites is 1. The van der Waals surface area contributed by atoms with Gasteiger partial charge in [0, 0.05) is 28.2 Å². The summed E-state index contributed by atoms with van der Waals surface area (Å²) in [5, 5.41) is 12.8. The predicted molar refractivity (Wildman–Crippen MR) is 101 cm³/mol. The van der Waals surface area contributed by atoms with Gasteiger partial charge >= 0.3 is 5.97 Å². The minimum atomic E-state index is -0.965. The molecule has 120 valence electrons. The number of hydrogen-bond donors (Lipinski definition) is 1. The third kappa shape index (κ3) is 2.93. The number of aromatic carboxylic acids is 1. The van der Waals surface area contributed by atoms with Crippen molar-refractivity contribution in [1.82, 2.24) is 4.57 Å². The Morgan fingerprint density at radius 2 is 1.84 bits per heavy atom. The first-order valence-electron chi connectivity index (χ1n) is 7.71. The Kier molecular flexibility index (Phi) is 3.85. The minimum Gasteiger partial charge on any atom is -0.478 e. The van der Waals surface area contributed by atoms with Crippen LogP contribution in [0.2, 0.25) is 0 Å². The second-order valence-corrected chi connectivity index (χ2v) is 6.47. The summed E-state index contributed by atoms with van der Waals surface area (Å²) in [5.41, 5.74) is 2.41. The van der Waals surface area contributed by atoms with Crippen LogP contribution < -0.4 is 0 Å². The van der Waals surface area contributed by atoms with Gasteiger partial charge in [0.05, 0.1) is 11.3 Å². The van der Waals surface area contributed by atoms with E-state index in [9.17, 15) is 9.90 Å².